The fourth-order valence-corrected chi connectivity index (χ4v) is 3.29. The number of aryl methyl sites for hydroxylation is 1. The van der Waals surface area contributed by atoms with Gasteiger partial charge >= 0.3 is 0 Å². The summed E-state index contributed by atoms with van der Waals surface area (Å²) in [4.78, 5) is 17.0. The highest BCUT2D eigenvalue weighted by atomic mass is 35.5. The molecule has 0 spiro atoms. The van der Waals surface area contributed by atoms with E-state index in [1.165, 1.54) is 0 Å². The van der Waals surface area contributed by atoms with Gasteiger partial charge in [0, 0.05) is 35.8 Å². The third kappa shape index (κ3) is 3.23. The number of aromatic nitrogens is 5. The molecule has 1 aromatic carbocycles. The second kappa shape index (κ2) is 7.26. The molecule has 0 bridgehead atoms. The molecule has 3 heterocycles. The zero-order chi connectivity index (χ0) is 19.8. The van der Waals surface area contributed by atoms with E-state index >= 15 is 0 Å². The molecule has 0 saturated carbocycles. The smallest absolute Gasteiger partial charge is 0.276 e. The summed E-state index contributed by atoms with van der Waals surface area (Å²) in [6, 6.07) is 8.37. The average Bonchev–Trinajstić information content (AvgIpc) is 3.28. The van der Waals surface area contributed by atoms with Gasteiger partial charge < -0.3 is 5.32 Å². The molecule has 0 saturated heterocycles. The van der Waals surface area contributed by atoms with Gasteiger partial charge in [-0.25, -0.2) is 9.50 Å². The van der Waals surface area contributed by atoms with Gasteiger partial charge in [0.15, 0.2) is 11.3 Å². The Labute approximate surface area is 170 Å². The highest BCUT2D eigenvalue weighted by Crippen LogP contribution is 2.26. The number of amides is 1. The third-order valence-corrected chi connectivity index (χ3v) is 5.19. The SMILES string of the molecule is CCn1ncc(-c2ccnc3cc(C(=O)Nc4ccc(Cl)c(Cl)c4)nn23)c1C. The minimum Gasteiger partial charge on any atom is -0.321 e. The van der Waals surface area contributed by atoms with Crippen LogP contribution >= 0.6 is 23.2 Å². The summed E-state index contributed by atoms with van der Waals surface area (Å²) in [6.45, 7) is 4.81. The predicted molar refractivity (Wildman–Crippen MR) is 109 cm³/mol. The Morgan fingerprint density at radius 1 is 1.18 bits per heavy atom. The molecule has 0 radical (unpaired) electrons. The van der Waals surface area contributed by atoms with Gasteiger partial charge in [-0.05, 0) is 38.1 Å². The second-order valence-corrected chi connectivity index (χ2v) is 6.99. The van der Waals surface area contributed by atoms with Crippen LogP contribution in [0.5, 0.6) is 0 Å². The fourth-order valence-electron chi connectivity index (χ4n) is 3.00. The molecule has 4 rings (SSSR count). The molecule has 0 aliphatic heterocycles. The minimum absolute atomic E-state index is 0.242. The van der Waals surface area contributed by atoms with Crippen LogP contribution < -0.4 is 5.32 Å². The topological polar surface area (TPSA) is 77.1 Å². The number of fused-ring (bicyclic) bond motifs is 1. The maximum absolute atomic E-state index is 12.6. The van der Waals surface area contributed by atoms with Gasteiger partial charge in [-0.1, -0.05) is 23.2 Å². The number of nitrogens with zero attached hydrogens (tertiary/aromatic N) is 5. The Kier molecular flexibility index (Phi) is 4.78. The Balaban J connectivity index is 1.70. The Bertz CT molecular complexity index is 1200. The first-order valence-electron chi connectivity index (χ1n) is 8.62. The normalized spacial score (nSPS) is 11.1. The van der Waals surface area contributed by atoms with Crippen LogP contribution in [0.1, 0.15) is 23.1 Å². The first kappa shape index (κ1) is 18.5. The highest BCUT2D eigenvalue weighted by Gasteiger charge is 2.17. The van der Waals surface area contributed by atoms with Crippen molar-refractivity contribution in [3.8, 4) is 11.3 Å². The Morgan fingerprint density at radius 3 is 2.71 bits per heavy atom. The maximum Gasteiger partial charge on any atom is 0.276 e. The van der Waals surface area contributed by atoms with E-state index in [-0.39, 0.29) is 11.6 Å². The number of hydrogen-bond donors (Lipinski definition) is 1. The van der Waals surface area contributed by atoms with Crippen LogP contribution in [-0.4, -0.2) is 30.3 Å². The molecule has 0 fully saturated rings. The van der Waals surface area contributed by atoms with Crippen LogP contribution in [0, 0.1) is 6.92 Å². The van der Waals surface area contributed by atoms with Gasteiger partial charge in [-0.2, -0.15) is 10.2 Å². The predicted octanol–water partition coefficient (Wildman–Crippen LogP) is 4.48. The van der Waals surface area contributed by atoms with Crippen molar-refractivity contribution < 1.29 is 4.79 Å². The van der Waals surface area contributed by atoms with Crippen LogP contribution in [-0.2, 0) is 6.54 Å². The van der Waals surface area contributed by atoms with E-state index in [2.05, 4.69) is 20.5 Å². The van der Waals surface area contributed by atoms with Crippen molar-refractivity contribution >= 4 is 40.4 Å². The summed E-state index contributed by atoms with van der Waals surface area (Å²) < 4.78 is 3.55. The molecule has 28 heavy (non-hydrogen) atoms. The highest BCUT2D eigenvalue weighted by molar-refractivity contribution is 6.42. The number of rotatable bonds is 4. The molecule has 1 N–H and O–H groups in total. The molecule has 3 aromatic heterocycles. The van der Waals surface area contributed by atoms with Crippen molar-refractivity contribution in [1.82, 2.24) is 24.4 Å². The van der Waals surface area contributed by atoms with Crippen molar-refractivity contribution in [3.05, 3.63) is 64.2 Å². The lowest BCUT2D eigenvalue weighted by atomic mass is 10.2. The summed E-state index contributed by atoms with van der Waals surface area (Å²) >= 11 is 11.9. The molecular formula is C19H16Cl2N6O. The minimum atomic E-state index is -0.365. The van der Waals surface area contributed by atoms with E-state index in [0.29, 0.717) is 21.4 Å². The molecule has 7 nitrogen and oxygen atoms in total. The van der Waals surface area contributed by atoms with Gasteiger partial charge in [0.2, 0.25) is 0 Å². The molecular weight excluding hydrogens is 399 g/mol. The van der Waals surface area contributed by atoms with E-state index in [1.54, 1.807) is 41.2 Å². The van der Waals surface area contributed by atoms with Crippen molar-refractivity contribution in [2.45, 2.75) is 20.4 Å². The van der Waals surface area contributed by atoms with E-state index in [4.69, 9.17) is 23.2 Å². The number of hydrogen-bond acceptors (Lipinski definition) is 4. The molecule has 0 atom stereocenters. The monoisotopic (exact) mass is 414 g/mol. The van der Waals surface area contributed by atoms with E-state index in [0.717, 1.165) is 23.5 Å². The van der Waals surface area contributed by atoms with Gasteiger partial charge in [0.05, 0.1) is 21.9 Å². The van der Waals surface area contributed by atoms with E-state index < -0.39 is 0 Å². The van der Waals surface area contributed by atoms with Crippen molar-refractivity contribution in [1.29, 1.82) is 0 Å². The standard InChI is InChI=1S/C19H16Cl2N6O/c1-3-26-11(2)13(10-23-26)17-6-7-22-18-9-16(25-27(17)18)19(28)24-12-4-5-14(20)15(21)8-12/h4-10H,3H2,1-2H3,(H,24,28). The van der Waals surface area contributed by atoms with Crippen molar-refractivity contribution in [3.63, 3.8) is 0 Å². The summed E-state index contributed by atoms with van der Waals surface area (Å²) in [5, 5.41) is 12.4. The molecule has 1 amide bonds. The van der Waals surface area contributed by atoms with Crippen LogP contribution in [0.15, 0.2) is 42.7 Å². The number of carbonyl (C=O) groups is 1. The zero-order valence-electron chi connectivity index (χ0n) is 15.1. The van der Waals surface area contributed by atoms with Gasteiger partial charge in [0.1, 0.15) is 0 Å². The number of carbonyl (C=O) groups excluding carboxylic acids is 1. The zero-order valence-corrected chi connectivity index (χ0v) is 16.7. The summed E-state index contributed by atoms with van der Waals surface area (Å²) in [7, 11) is 0. The van der Waals surface area contributed by atoms with Crippen molar-refractivity contribution in [2.75, 3.05) is 5.32 Å². The average molecular weight is 415 g/mol. The number of anilines is 1. The largest absolute Gasteiger partial charge is 0.321 e. The Morgan fingerprint density at radius 2 is 2.00 bits per heavy atom. The van der Waals surface area contributed by atoms with Gasteiger partial charge in [-0.3, -0.25) is 9.48 Å². The van der Waals surface area contributed by atoms with Crippen LogP contribution in [0.2, 0.25) is 10.0 Å². The summed E-state index contributed by atoms with van der Waals surface area (Å²) in [5.41, 5.74) is 4.12. The van der Waals surface area contributed by atoms with E-state index in [9.17, 15) is 4.79 Å². The first-order valence-corrected chi connectivity index (χ1v) is 9.37. The van der Waals surface area contributed by atoms with Crippen LogP contribution in [0.25, 0.3) is 16.9 Å². The summed E-state index contributed by atoms with van der Waals surface area (Å²) in [5.74, 6) is -0.365. The van der Waals surface area contributed by atoms with Gasteiger partial charge in [-0.15, -0.1) is 0 Å². The molecule has 4 aromatic rings. The Hall–Kier alpha value is -2.90. The molecule has 0 aliphatic rings. The maximum atomic E-state index is 12.6. The van der Waals surface area contributed by atoms with Crippen molar-refractivity contribution in [2.24, 2.45) is 0 Å². The lowest BCUT2D eigenvalue weighted by molar-refractivity contribution is 0.102. The number of halogens is 2. The molecule has 0 aliphatic carbocycles. The lowest BCUT2D eigenvalue weighted by Crippen LogP contribution is -2.12. The van der Waals surface area contributed by atoms with Crippen LogP contribution in [0.4, 0.5) is 5.69 Å². The fraction of sp³-hybridized carbons (Fsp3) is 0.158. The first-order chi connectivity index (χ1) is 13.5. The van der Waals surface area contributed by atoms with Crippen LogP contribution in [0.3, 0.4) is 0 Å². The lowest BCUT2D eigenvalue weighted by Gasteiger charge is -2.05. The molecule has 142 valence electrons. The third-order valence-electron chi connectivity index (χ3n) is 4.45. The quantitative estimate of drug-likeness (QED) is 0.533. The number of benzene rings is 1. The summed E-state index contributed by atoms with van der Waals surface area (Å²) in [6.07, 6.45) is 3.49. The van der Waals surface area contributed by atoms with E-state index in [1.807, 2.05) is 24.6 Å². The number of nitrogens with one attached hydrogen (secondary N) is 1. The second-order valence-electron chi connectivity index (χ2n) is 6.17. The molecule has 9 heteroatoms. The molecule has 0 unspecified atom stereocenters. The van der Waals surface area contributed by atoms with Gasteiger partial charge in [0.25, 0.3) is 5.91 Å².